The number of pyridine rings is 2. The molecule has 0 fully saturated rings. The zero-order chi connectivity index (χ0) is 25.9. The number of imidazole rings is 1. The van der Waals surface area contributed by atoms with Crippen LogP contribution in [0.4, 0.5) is 5.69 Å². The number of aryl methyl sites for hydroxylation is 2. The van der Waals surface area contributed by atoms with Crippen molar-refractivity contribution in [2.24, 2.45) is 0 Å². The highest BCUT2D eigenvalue weighted by atomic mass is 32.2. The Morgan fingerprint density at radius 3 is 2.43 bits per heavy atom. The Hall–Kier alpha value is -4.21. The van der Waals surface area contributed by atoms with Gasteiger partial charge in [-0.25, -0.2) is 14.2 Å². The second-order valence-corrected chi connectivity index (χ2v) is 9.36. The first kappa shape index (κ1) is 24.5. The molecule has 1 N–H and O–H groups in total. The average molecular weight is 512 g/mol. The summed E-state index contributed by atoms with van der Waals surface area (Å²) in [5.74, 6) is 0.377. The molecular weight excluding hydrogens is 486 g/mol. The van der Waals surface area contributed by atoms with E-state index in [2.05, 4.69) is 21.5 Å². The summed E-state index contributed by atoms with van der Waals surface area (Å²) in [5, 5.41) is 0. The quantitative estimate of drug-likeness (QED) is 0.302. The molecule has 186 valence electrons. The topological polar surface area (TPSA) is 101 Å². The van der Waals surface area contributed by atoms with E-state index < -0.39 is 17.2 Å². The molecule has 5 aromatic rings. The Morgan fingerprint density at radius 2 is 1.73 bits per heavy atom. The Bertz CT molecular complexity index is 1600. The van der Waals surface area contributed by atoms with Crippen LogP contribution in [-0.2, 0) is 24.2 Å². The number of amides is 1. The Morgan fingerprint density at radius 1 is 0.973 bits per heavy atom. The molecule has 0 bridgehead atoms. The molecule has 3 heterocycles. The van der Waals surface area contributed by atoms with Gasteiger partial charge in [0.15, 0.2) is 5.65 Å². The predicted octanol–water partition coefficient (Wildman–Crippen LogP) is 5.20. The van der Waals surface area contributed by atoms with Crippen LogP contribution in [0.5, 0.6) is 0 Å². The van der Waals surface area contributed by atoms with Crippen molar-refractivity contribution >= 4 is 34.0 Å². The molecule has 0 radical (unpaired) electrons. The van der Waals surface area contributed by atoms with Gasteiger partial charge in [-0.1, -0.05) is 49.4 Å². The highest BCUT2D eigenvalue weighted by Crippen LogP contribution is 2.31. The van der Waals surface area contributed by atoms with Crippen LogP contribution in [0.3, 0.4) is 0 Å². The van der Waals surface area contributed by atoms with Crippen molar-refractivity contribution in [3.63, 3.8) is 0 Å². The maximum absolute atomic E-state index is 13.1. The van der Waals surface area contributed by atoms with Crippen LogP contribution in [0, 0.1) is 6.92 Å². The van der Waals surface area contributed by atoms with Gasteiger partial charge in [-0.15, -0.1) is 0 Å². The second-order valence-electron chi connectivity index (χ2n) is 8.53. The Balaban J connectivity index is 1.49. The van der Waals surface area contributed by atoms with Gasteiger partial charge in [-0.3, -0.25) is 14.3 Å². The third-order valence-corrected chi connectivity index (χ3v) is 6.84. The van der Waals surface area contributed by atoms with Crippen molar-refractivity contribution in [1.82, 2.24) is 19.5 Å². The fourth-order valence-electron chi connectivity index (χ4n) is 4.32. The van der Waals surface area contributed by atoms with Gasteiger partial charge >= 0.3 is 0 Å². The lowest BCUT2D eigenvalue weighted by atomic mass is 10.1. The molecule has 0 saturated heterocycles. The average Bonchev–Trinajstić information content (AvgIpc) is 3.28. The van der Waals surface area contributed by atoms with Crippen molar-refractivity contribution in [3.05, 3.63) is 108 Å². The molecule has 1 atom stereocenters. The number of rotatable bonds is 7. The van der Waals surface area contributed by atoms with E-state index in [1.54, 1.807) is 54.9 Å². The largest absolute Gasteiger partial charge is 0.308 e. The Kier molecular flexibility index (Phi) is 6.89. The van der Waals surface area contributed by atoms with Crippen molar-refractivity contribution in [2.45, 2.75) is 26.8 Å². The molecule has 0 aliphatic heterocycles. The molecule has 3 aromatic heterocycles. The molecule has 0 aliphatic rings. The molecule has 37 heavy (non-hydrogen) atoms. The number of nitrogens with zero attached hydrogens (tertiary/aromatic N) is 5. The number of hydrogen-bond acceptors (Lipinski definition) is 5. The molecule has 2 aromatic carbocycles. The van der Waals surface area contributed by atoms with Gasteiger partial charge in [0.2, 0.25) is 0 Å². The van der Waals surface area contributed by atoms with Crippen LogP contribution in [0.15, 0.2) is 85.2 Å². The summed E-state index contributed by atoms with van der Waals surface area (Å²) in [4.78, 5) is 26.9. The standard InChI is InChI=1S/C28H25N5O3S/c1-3-24-31-25-19(2)15-17-30-27(25)32(24)18-20-11-13-21(14-12-20)26-23(10-7-16-29-26)33(37(35)36)28(34)22-8-5-4-6-9-22/h4-17H,3,18H2,1-2H3,(H,35,36). The SMILES string of the molecule is CCc1nc2c(C)ccnc2n1Cc1ccc(-c2ncccc2N(C(=O)c2ccccc2)S(=O)O)cc1. The minimum Gasteiger partial charge on any atom is -0.308 e. The van der Waals surface area contributed by atoms with Gasteiger partial charge in [0.1, 0.15) is 11.3 Å². The monoisotopic (exact) mass is 511 g/mol. The van der Waals surface area contributed by atoms with E-state index in [0.717, 1.165) is 44.4 Å². The first-order valence-corrected chi connectivity index (χ1v) is 12.9. The predicted molar refractivity (Wildman–Crippen MR) is 144 cm³/mol. The van der Waals surface area contributed by atoms with Gasteiger partial charge in [0.25, 0.3) is 17.2 Å². The van der Waals surface area contributed by atoms with Crippen LogP contribution in [-0.4, -0.2) is 34.2 Å². The lowest BCUT2D eigenvalue weighted by Crippen LogP contribution is -2.33. The third kappa shape index (κ3) is 4.78. The molecular formula is C28H25N5O3S. The number of anilines is 1. The minimum absolute atomic E-state index is 0.249. The van der Waals surface area contributed by atoms with Gasteiger partial charge < -0.3 is 4.57 Å². The van der Waals surface area contributed by atoms with E-state index in [4.69, 9.17) is 4.98 Å². The molecule has 1 unspecified atom stereocenters. The fourth-order valence-corrected chi connectivity index (χ4v) is 4.88. The van der Waals surface area contributed by atoms with Gasteiger partial charge in [-0.05, 0) is 48.4 Å². The molecule has 5 rings (SSSR count). The lowest BCUT2D eigenvalue weighted by molar-refractivity contribution is 0.100. The number of carbonyl (C=O) groups is 1. The highest BCUT2D eigenvalue weighted by molar-refractivity contribution is 7.81. The zero-order valence-corrected chi connectivity index (χ0v) is 21.2. The maximum Gasteiger partial charge on any atom is 0.272 e. The summed E-state index contributed by atoms with van der Waals surface area (Å²) in [6.07, 6.45) is 4.18. The zero-order valence-electron chi connectivity index (χ0n) is 20.4. The summed E-state index contributed by atoms with van der Waals surface area (Å²) in [7, 11) is 0. The van der Waals surface area contributed by atoms with E-state index in [1.807, 2.05) is 37.3 Å². The van der Waals surface area contributed by atoms with Gasteiger partial charge in [-0.2, -0.15) is 4.31 Å². The van der Waals surface area contributed by atoms with Crippen LogP contribution < -0.4 is 4.31 Å². The minimum atomic E-state index is -2.59. The maximum atomic E-state index is 13.1. The van der Waals surface area contributed by atoms with E-state index in [0.29, 0.717) is 17.8 Å². The number of benzene rings is 2. The highest BCUT2D eigenvalue weighted by Gasteiger charge is 2.26. The summed E-state index contributed by atoms with van der Waals surface area (Å²) in [5.41, 5.74) is 5.60. The van der Waals surface area contributed by atoms with Crippen molar-refractivity contribution in [2.75, 3.05) is 4.31 Å². The molecule has 0 aliphatic carbocycles. The molecule has 0 spiro atoms. The van der Waals surface area contributed by atoms with Crippen molar-refractivity contribution in [3.8, 4) is 11.3 Å². The first-order valence-electron chi connectivity index (χ1n) is 11.8. The second kappa shape index (κ2) is 10.4. The van der Waals surface area contributed by atoms with E-state index in [9.17, 15) is 13.6 Å². The summed E-state index contributed by atoms with van der Waals surface area (Å²) in [6.45, 7) is 4.71. The number of fused-ring (bicyclic) bond motifs is 1. The van der Waals surface area contributed by atoms with E-state index >= 15 is 0 Å². The first-order chi connectivity index (χ1) is 18.0. The van der Waals surface area contributed by atoms with Crippen LogP contribution in [0.25, 0.3) is 22.4 Å². The van der Waals surface area contributed by atoms with Crippen LogP contribution in [0.1, 0.15) is 34.2 Å². The van der Waals surface area contributed by atoms with Crippen molar-refractivity contribution < 1.29 is 13.6 Å². The van der Waals surface area contributed by atoms with Gasteiger partial charge in [0.05, 0.1) is 17.9 Å². The van der Waals surface area contributed by atoms with Crippen LogP contribution in [0.2, 0.25) is 0 Å². The normalized spacial score (nSPS) is 12.0. The number of hydrogen-bond donors (Lipinski definition) is 1. The lowest BCUT2D eigenvalue weighted by Gasteiger charge is -2.20. The molecule has 8 nitrogen and oxygen atoms in total. The van der Waals surface area contributed by atoms with Crippen molar-refractivity contribution in [1.29, 1.82) is 0 Å². The molecule has 0 saturated carbocycles. The third-order valence-electron chi connectivity index (χ3n) is 6.17. The molecule has 1 amide bonds. The summed E-state index contributed by atoms with van der Waals surface area (Å²) in [6, 6.07) is 21.4. The summed E-state index contributed by atoms with van der Waals surface area (Å²) >= 11 is -2.59. The molecule has 9 heteroatoms. The van der Waals surface area contributed by atoms with Crippen LogP contribution >= 0.6 is 0 Å². The van der Waals surface area contributed by atoms with E-state index in [1.165, 1.54) is 0 Å². The van der Waals surface area contributed by atoms with E-state index in [-0.39, 0.29) is 5.69 Å². The number of carbonyl (C=O) groups excluding carboxylic acids is 1. The summed E-state index contributed by atoms with van der Waals surface area (Å²) < 4.78 is 25.3. The van der Waals surface area contributed by atoms with Gasteiger partial charge in [0, 0.05) is 29.9 Å². The fraction of sp³-hybridized carbons (Fsp3) is 0.143. The number of aromatic nitrogens is 4. The Labute approximate surface area is 217 Å². The smallest absolute Gasteiger partial charge is 0.272 e.